The molecular formula is C19H26N2O3. The highest BCUT2D eigenvalue weighted by atomic mass is 16.5. The summed E-state index contributed by atoms with van der Waals surface area (Å²) >= 11 is 0. The molecule has 1 aliphatic carbocycles. The third-order valence-electron chi connectivity index (χ3n) is 4.81. The number of ether oxygens (including phenoxy) is 1. The highest BCUT2D eigenvalue weighted by Gasteiger charge is 2.38. The topological polar surface area (TPSA) is 82.3 Å². The van der Waals surface area contributed by atoms with Gasteiger partial charge in [0, 0.05) is 17.9 Å². The molecule has 0 spiro atoms. The lowest BCUT2D eigenvalue weighted by molar-refractivity contribution is -0.122. The summed E-state index contributed by atoms with van der Waals surface area (Å²) in [7, 11) is 0. The van der Waals surface area contributed by atoms with Crippen molar-refractivity contribution in [3.63, 3.8) is 0 Å². The molecule has 1 fully saturated rings. The Balaban J connectivity index is 1.63. The fraction of sp³-hybridized carbons (Fsp3) is 0.579. The fourth-order valence-corrected chi connectivity index (χ4v) is 3.17. The number of benzene rings is 1. The summed E-state index contributed by atoms with van der Waals surface area (Å²) < 4.78 is 5.60. The number of hydrogen-bond donors (Lipinski definition) is 2. The summed E-state index contributed by atoms with van der Waals surface area (Å²) in [6.45, 7) is 2.68. The van der Waals surface area contributed by atoms with Crippen LogP contribution in [-0.2, 0) is 4.79 Å². The van der Waals surface area contributed by atoms with Gasteiger partial charge in [0.25, 0.3) is 0 Å². The Morgan fingerprint density at radius 2 is 2.33 bits per heavy atom. The average molecular weight is 330 g/mol. The summed E-state index contributed by atoms with van der Waals surface area (Å²) in [6.07, 6.45) is 4.97. The minimum atomic E-state index is -0.176. The van der Waals surface area contributed by atoms with Crippen LogP contribution in [-0.4, -0.2) is 30.3 Å². The molecule has 0 aliphatic heterocycles. The van der Waals surface area contributed by atoms with Crippen LogP contribution in [0.5, 0.6) is 5.75 Å². The van der Waals surface area contributed by atoms with E-state index in [1.807, 2.05) is 13.0 Å². The first-order chi connectivity index (χ1) is 11.6. The Bertz CT molecular complexity index is 597. The molecule has 2 atom stereocenters. The van der Waals surface area contributed by atoms with Crippen molar-refractivity contribution in [2.45, 2.75) is 51.5 Å². The number of nitrogens with zero attached hydrogens (tertiary/aromatic N) is 1. The van der Waals surface area contributed by atoms with Gasteiger partial charge in [-0.2, -0.15) is 5.26 Å². The van der Waals surface area contributed by atoms with Crippen molar-refractivity contribution < 1.29 is 14.6 Å². The minimum absolute atomic E-state index is 0.0491. The van der Waals surface area contributed by atoms with Gasteiger partial charge in [0.15, 0.2) is 0 Å². The molecule has 5 nitrogen and oxygen atoms in total. The fourth-order valence-electron chi connectivity index (χ4n) is 3.17. The highest BCUT2D eigenvalue weighted by molar-refractivity contribution is 5.76. The van der Waals surface area contributed by atoms with E-state index in [0.29, 0.717) is 24.3 Å². The van der Waals surface area contributed by atoms with Crippen LogP contribution in [0.1, 0.15) is 51.0 Å². The smallest absolute Gasteiger partial charge is 0.220 e. The normalized spacial score (nSPS) is 22.8. The van der Waals surface area contributed by atoms with Gasteiger partial charge in [0.2, 0.25) is 5.91 Å². The summed E-state index contributed by atoms with van der Waals surface area (Å²) in [5, 5.41) is 21.4. The number of nitrogens with one attached hydrogen (secondary N) is 1. The van der Waals surface area contributed by atoms with Crippen LogP contribution in [0.3, 0.4) is 0 Å². The largest absolute Gasteiger partial charge is 0.494 e. The van der Waals surface area contributed by atoms with Crippen molar-refractivity contribution in [3.8, 4) is 11.8 Å². The highest BCUT2D eigenvalue weighted by Crippen LogP contribution is 2.37. The van der Waals surface area contributed by atoms with E-state index in [0.717, 1.165) is 32.1 Å². The number of aliphatic hydroxyl groups excluding tert-OH is 1. The SMILES string of the molecule is CC1(CO)CCCC1NC(=O)CCCCOc1cccc(C#N)c1. The van der Waals surface area contributed by atoms with Crippen LogP contribution in [0.4, 0.5) is 0 Å². The number of nitriles is 1. The predicted octanol–water partition coefficient (Wildman–Crippen LogP) is 2.77. The van der Waals surface area contributed by atoms with Crippen molar-refractivity contribution in [3.05, 3.63) is 29.8 Å². The van der Waals surface area contributed by atoms with Gasteiger partial charge in [-0.25, -0.2) is 0 Å². The van der Waals surface area contributed by atoms with E-state index < -0.39 is 0 Å². The van der Waals surface area contributed by atoms with Crippen molar-refractivity contribution in [2.75, 3.05) is 13.2 Å². The molecule has 0 radical (unpaired) electrons. The van der Waals surface area contributed by atoms with Gasteiger partial charge in [-0.15, -0.1) is 0 Å². The van der Waals surface area contributed by atoms with Crippen LogP contribution >= 0.6 is 0 Å². The Morgan fingerprint density at radius 3 is 3.08 bits per heavy atom. The van der Waals surface area contributed by atoms with Gasteiger partial charge in [0.05, 0.1) is 24.8 Å². The molecule has 0 heterocycles. The van der Waals surface area contributed by atoms with E-state index in [1.54, 1.807) is 18.2 Å². The van der Waals surface area contributed by atoms with Gasteiger partial charge in [-0.3, -0.25) is 4.79 Å². The van der Waals surface area contributed by atoms with Gasteiger partial charge >= 0.3 is 0 Å². The second kappa shape index (κ2) is 8.70. The molecule has 1 aliphatic rings. The molecule has 2 rings (SSSR count). The van der Waals surface area contributed by atoms with Crippen LogP contribution in [0.2, 0.25) is 0 Å². The number of unbranched alkanes of at least 4 members (excludes halogenated alkanes) is 1. The summed E-state index contributed by atoms with van der Waals surface area (Å²) in [5.74, 6) is 0.733. The molecule has 0 saturated heterocycles. The van der Waals surface area contributed by atoms with Crippen molar-refractivity contribution in [2.24, 2.45) is 5.41 Å². The Morgan fingerprint density at radius 1 is 1.50 bits per heavy atom. The lowest BCUT2D eigenvalue weighted by atomic mass is 9.86. The number of hydrogen-bond acceptors (Lipinski definition) is 4. The number of carbonyl (C=O) groups excluding carboxylic acids is 1. The third-order valence-corrected chi connectivity index (χ3v) is 4.81. The zero-order valence-electron chi connectivity index (χ0n) is 14.3. The number of aliphatic hydroxyl groups is 1. The molecule has 1 saturated carbocycles. The molecule has 1 aromatic carbocycles. The molecule has 0 bridgehead atoms. The molecule has 0 aromatic heterocycles. The third kappa shape index (κ3) is 4.97. The quantitative estimate of drug-likeness (QED) is 0.718. The van der Waals surface area contributed by atoms with Crippen molar-refractivity contribution in [1.82, 2.24) is 5.32 Å². The van der Waals surface area contributed by atoms with E-state index in [1.165, 1.54) is 0 Å². The molecule has 1 amide bonds. The molecular weight excluding hydrogens is 304 g/mol. The average Bonchev–Trinajstić information content (AvgIpc) is 2.96. The lowest BCUT2D eigenvalue weighted by Crippen LogP contribution is -2.44. The van der Waals surface area contributed by atoms with Crippen LogP contribution < -0.4 is 10.1 Å². The van der Waals surface area contributed by atoms with Crippen LogP contribution in [0.25, 0.3) is 0 Å². The first-order valence-corrected chi connectivity index (χ1v) is 8.60. The monoisotopic (exact) mass is 330 g/mol. The maximum Gasteiger partial charge on any atom is 0.220 e. The first kappa shape index (κ1) is 18.3. The maximum absolute atomic E-state index is 12.0. The Labute approximate surface area is 143 Å². The van der Waals surface area contributed by atoms with E-state index >= 15 is 0 Å². The number of amides is 1. The predicted molar refractivity (Wildman–Crippen MR) is 91.5 cm³/mol. The van der Waals surface area contributed by atoms with E-state index in [-0.39, 0.29) is 24.0 Å². The molecule has 2 unspecified atom stereocenters. The Kier molecular flexibility index (Phi) is 6.62. The summed E-state index contributed by atoms with van der Waals surface area (Å²) in [4.78, 5) is 12.0. The lowest BCUT2D eigenvalue weighted by Gasteiger charge is -2.30. The molecule has 5 heteroatoms. The van der Waals surface area contributed by atoms with Gasteiger partial charge in [0.1, 0.15) is 5.75 Å². The second-order valence-electron chi connectivity index (χ2n) is 6.77. The number of carbonyl (C=O) groups is 1. The van der Waals surface area contributed by atoms with E-state index in [9.17, 15) is 9.90 Å². The molecule has 130 valence electrons. The maximum atomic E-state index is 12.0. The second-order valence-corrected chi connectivity index (χ2v) is 6.77. The molecule has 1 aromatic rings. The Hall–Kier alpha value is -2.06. The van der Waals surface area contributed by atoms with Crippen LogP contribution in [0, 0.1) is 16.7 Å². The summed E-state index contributed by atoms with van der Waals surface area (Å²) in [6, 6.07) is 9.22. The van der Waals surface area contributed by atoms with E-state index in [2.05, 4.69) is 11.4 Å². The minimum Gasteiger partial charge on any atom is -0.494 e. The molecule has 2 N–H and O–H groups in total. The van der Waals surface area contributed by atoms with Gasteiger partial charge in [-0.05, 0) is 43.9 Å². The zero-order valence-corrected chi connectivity index (χ0v) is 14.3. The standard InChI is InChI=1S/C19H26N2O3/c1-19(14-22)10-5-8-17(19)21-18(23)9-2-3-11-24-16-7-4-6-15(12-16)13-20/h4,6-7,12,17,22H,2-3,5,8-11,14H2,1H3,(H,21,23). The first-order valence-electron chi connectivity index (χ1n) is 8.60. The van der Waals surface area contributed by atoms with Gasteiger partial charge < -0.3 is 15.2 Å². The molecule has 24 heavy (non-hydrogen) atoms. The van der Waals surface area contributed by atoms with Crippen molar-refractivity contribution >= 4 is 5.91 Å². The van der Waals surface area contributed by atoms with Gasteiger partial charge in [-0.1, -0.05) is 19.4 Å². The summed E-state index contributed by atoms with van der Waals surface area (Å²) in [5.41, 5.74) is 0.403. The van der Waals surface area contributed by atoms with E-state index in [4.69, 9.17) is 10.00 Å². The zero-order chi connectivity index (χ0) is 17.4. The van der Waals surface area contributed by atoms with Crippen LogP contribution in [0.15, 0.2) is 24.3 Å². The van der Waals surface area contributed by atoms with Crippen molar-refractivity contribution in [1.29, 1.82) is 5.26 Å². The number of rotatable bonds is 8.